The lowest BCUT2D eigenvalue weighted by Crippen LogP contribution is -2.01. The van der Waals surface area contributed by atoms with E-state index in [1.807, 2.05) is 18.2 Å². The standard InChI is InChI=1S/C17H14FN/c18-16-7-3-4-8-17(16)19-12-13-9-10-14-5-1-2-6-15(14)11-13/h1-11,19H,12H2. The fourth-order valence-corrected chi connectivity index (χ4v) is 2.15. The second-order valence-corrected chi connectivity index (χ2v) is 4.51. The number of anilines is 1. The summed E-state index contributed by atoms with van der Waals surface area (Å²) >= 11 is 0. The number of benzene rings is 3. The first-order valence-electron chi connectivity index (χ1n) is 6.29. The highest BCUT2D eigenvalue weighted by molar-refractivity contribution is 5.83. The lowest BCUT2D eigenvalue weighted by atomic mass is 10.1. The second-order valence-electron chi connectivity index (χ2n) is 4.51. The van der Waals surface area contributed by atoms with Crippen LogP contribution in [0.1, 0.15) is 5.56 Å². The Morgan fingerprint density at radius 3 is 2.37 bits per heavy atom. The normalized spacial score (nSPS) is 10.6. The van der Waals surface area contributed by atoms with Crippen molar-refractivity contribution in [1.29, 1.82) is 0 Å². The topological polar surface area (TPSA) is 12.0 Å². The van der Waals surface area contributed by atoms with E-state index in [1.54, 1.807) is 12.1 Å². The Hall–Kier alpha value is -2.35. The highest BCUT2D eigenvalue weighted by Gasteiger charge is 2.00. The first kappa shape index (κ1) is 11.7. The van der Waals surface area contributed by atoms with Crippen molar-refractivity contribution >= 4 is 16.5 Å². The van der Waals surface area contributed by atoms with E-state index in [0.29, 0.717) is 12.2 Å². The number of nitrogens with one attached hydrogen (secondary N) is 1. The van der Waals surface area contributed by atoms with Crippen LogP contribution < -0.4 is 5.32 Å². The molecule has 1 nitrogen and oxygen atoms in total. The minimum absolute atomic E-state index is 0.219. The summed E-state index contributed by atoms with van der Waals surface area (Å²) in [4.78, 5) is 0. The Morgan fingerprint density at radius 1 is 0.789 bits per heavy atom. The van der Waals surface area contributed by atoms with Gasteiger partial charge in [-0.3, -0.25) is 0 Å². The molecule has 0 saturated carbocycles. The molecule has 3 rings (SSSR count). The number of rotatable bonds is 3. The molecule has 0 fully saturated rings. The average Bonchev–Trinajstić information content (AvgIpc) is 2.46. The van der Waals surface area contributed by atoms with Crippen LogP contribution in [0.25, 0.3) is 10.8 Å². The molecule has 0 aliphatic heterocycles. The van der Waals surface area contributed by atoms with E-state index in [1.165, 1.54) is 16.8 Å². The summed E-state index contributed by atoms with van der Waals surface area (Å²) in [5.74, 6) is -0.219. The molecule has 2 heteroatoms. The van der Waals surface area contributed by atoms with E-state index in [2.05, 4.69) is 35.6 Å². The average molecular weight is 251 g/mol. The Morgan fingerprint density at radius 2 is 1.53 bits per heavy atom. The number of hydrogen-bond donors (Lipinski definition) is 1. The van der Waals surface area contributed by atoms with E-state index >= 15 is 0 Å². The largest absolute Gasteiger partial charge is 0.379 e. The maximum absolute atomic E-state index is 13.5. The van der Waals surface area contributed by atoms with Gasteiger partial charge in [0.25, 0.3) is 0 Å². The smallest absolute Gasteiger partial charge is 0.146 e. The van der Waals surface area contributed by atoms with E-state index in [9.17, 15) is 4.39 Å². The first-order chi connectivity index (χ1) is 9.33. The predicted octanol–water partition coefficient (Wildman–Crippen LogP) is 4.59. The Kier molecular flexibility index (Phi) is 3.15. The van der Waals surface area contributed by atoms with Gasteiger partial charge in [-0.15, -0.1) is 0 Å². The fraction of sp³-hybridized carbons (Fsp3) is 0.0588. The number of hydrogen-bond acceptors (Lipinski definition) is 1. The Balaban J connectivity index is 1.80. The lowest BCUT2D eigenvalue weighted by molar-refractivity contribution is 0.630. The van der Waals surface area contributed by atoms with Crippen molar-refractivity contribution in [2.45, 2.75) is 6.54 Å². The number of fused-ring (bicyclic) bond motifs is 1. The van der Waals surface area contributed by atoms with Gasteiger partial charge in [0, 0.05) is 6.54 Å². The maximum Gasteiger partial charge on any atom is 0.146 e. The molecule has 0 spiro atoms. The van der Waals surface area contributed by atoms with Crippen LogP contribution in [0.3, 0.4) is 0 Å². The SMILES string of the molecule is Fc1ccccc1NCc1ccc2ccccc2c1. The van der Waals surface area contributed by atoms with E-state index in [0.717, 1.165) is 5.56 Å². The van der Waals surface area contributed by atoms with Crippen LogP contribution in [0.2, 0.25) is 0 Å². The molecule has 0 bridgehead atoms. The van der Waals surface area contributed by atoms with Gasteiger partial charge in [-0.25, -0.2) is 4.39 Å². The summed E-state index contributed by atoms with van der Waals surface area (Å²) in [7, 11) is 0. The third kappa shape index (κ3) is 2.58. The summed E-state index contributed by atoms with van der Waals surface area (Å²) in [5, 5.41) is 5.54. The van der Waals surface area contributed by atoms with Gasteiger partial charge in [0.1, 0.15) is 5.82 Å². The molecule has 0 saturated heterocycles. The molecule has 3 aromatic carbocycles. The summed E-state index contributed by atoms with van der Waals surface area (Å²) in [6.45, 7) is 0.617. The Bertz CT molecular complexity index is 706. The molecule has 0 heterocycles. The molecule has 0 radical (unpaired) electrons. The number of halogens is 1. The molecule has 94 valence electrons. The van der Waals surface area contributed by atoms with Gasteiger partial charge in [0.05, 0.1) is 5.69 Å². The van der Waals surface area contributed by atoms with Crippen molar-refractivity contribution in [1.82, 2.24) is 0 Å². The third-order valence-electron chi connectivity index (χ3n) is 3.17. The highest BCUT2D eigenvalue weighted by atomic mass is 19.1. The lowest BCUT2D eigenvalue weighted by Gasteiger charge is -2.08. The molecule has 0 unspecified atom stereocenters. The molecule has 0 aliphatic carbocycles. The monoisotopic (exact) mass is 251 g/mol. The summed E-state index contributed by atoms with van der Waals surface area (Å²) in [6, 6.07) is 21.2. The summed E-state index contributed by atoms with van der Waals surface area (Å²) in [5.41, 5.74) is 1.68. The van der Waals surface area contributed by atoms with Crippen molar-refractivity contribution in [3.63, 3.8) is 0 Å². The molecule has 19 heavy (non-hydrogen) atoms. The highest BCUT2D eigenvalue weighted by Crippen LogP contribution is 2.18. The Labute approximate surface area is 111 Å². The molecule has 0 amide bonds. The zero-order chi connectivity index (χ0) is 13.1. The van der Waals surface area contributed by atoms with Crippen LogP contribution in [0, 0.1) is 5.82 Å². The van der Waals surface area contributed by atoms with Crippen molar-refractivity contribution in [3.8, 4) is 0 Å². The fourth-order valence-electron chi connectivity index (χ4n) is 2.15. The number of para-hydroxylation sites is 1. The summed E-state index contributed by atoms with van der Waals surface area (Å²) < 4.78 is 13.5. The molecule has 0 atom stereocenters. The first-order valence-corrected chi connectivity index (χ1v) is 6.29. The minimum Gasteiger partial charge on any atom is -0.379 e. The molecule has 0 aromatic heterocycles. The second kappa shape index (κ2) is 5.11. The minimum atomic E-state index is -0.219. The zero-order valence-electron chi connectivity index (χ0n) is 10.4. The van der Waals surface area contributed by atoms with Crippen molar-refractivity contribution < 1.29 is 4.39 Å². The van der Waals surface area contributed by atoms with Gasteiger partial charge in [-0.05, 0) is 34.5 Å². The van der Waals surface area contributed by atoms with Crippen molar-refractivity contribution in [3.05, 3.63) is 78.1 Å². The van der Waals surface area contributed by atoms with Gasteiger partial charge in [0.2, 0.25) is 0 Å². The molecule has 1 N–H and O–H groups in total. The van der Waals surface area contributed by atoms with Crippen LogP contribution in [0.4, 0.5) is 10.1 Å². The van der Waals surface area contributed by atoms with Crippen LogP contribution in [0.15, 0.2) is 66.7 Å². The third-order valence-corrected chi connectivity index (χ3v) is 3.17. The van der Waals surface area contributed by atoms with Gasteiger partial charge >= 0.3 is 0 Å². The van der Waals surface area contributed by atoms with E-state index in [-0.39, 0.29) is 5.82 Å². The van der Waals surface area contributed by atoms with Crippen molar-refractivity contribution in [2.75, 3.05) is 5.32 Å². The molecule has 0 aliphatic rings. The van der Waals surface area contributed by atoms with Gasteiger partial charge in [0.15, 0.2) is 0 Å². The van der Waals surface area contributed by atoms with Gasteiger partial charge < -0.3 is 5.32 Å². The van der Waals surface area contributed by atoms with Crippen LogP contribution in [0.5, 0.6) is 0 Å². The van der Waals surface area contributed by atoms with Crippen LogP contribution in [-0.4, -0.2) is 0 Å². The van der Waals surface area contributed by atoms with Crippen LogP contribution in [-0.2, 0) is 6.54 Å². The van der Waals surface area contributed by atoms with Crippen LogP contribution >= 0.6 is 0 Å². The predicted molar refractivity (Wildman–Crippen MR) is 77.7 cm³/mol. The van der Waals surface area contributed by atoms with Crippen molar-refractivity contribution in [2.24, 2.45) is 0 Å². The molecular formula is C17H14FN. The van der Waals surface area contributed by atoms with E-state index < -0.39 is 0 Å². The van der Waals surface area contributed by atoms with E-state index in [4.69, 9.17) is 0 Å². The van der Waals surface area contributed by atoms with Gasteiger partial charge in [-0.2, -0.15) is 0 Å². The quantitative estimate of drug-likeness (QED) is 0.717. The zero-order valence-corrected chi connectivity index (χ0v) is 10.4. The maximum atomic E-state index is 13.5. The molecular weight excluding hydrogens is 237 g/mol. The molecule has 3 aromatic rings. The summed E-state index contributed by atoms with van der Waals surface area (Å²) in [6.07, 6.45) is 0. The van der Waals surface area contributed by atoms with Gasteiger partial charge in [-0.1, -0.05) is 48.5 Å².